The minimum Gasteiger partial charge on any atom is -0.464 e. The molecule has 59 heavy (non-hydrogen) atoms. The summed E-state index contributed by atoms with van der Waals surface area (Å²) < 4.78 is 11.4. The third kappa shape index (κ3) is 12.7. The molecule has 2 fully saturated rings. The van der Waals surface area contributed by atoms with Crippen molar-refractivity contribution >= 4 is 59.0 Å². The first-order valence-corrected chi connectivity index (χ1v) is 21.2. The van der Waals surface area contributed by atoms with Gasteiger partial charge < -0.3 is 39.7 Å². The molecule has 2 bridgehead atoms. The lowest BCUT2D eigenvalue weighted by molar-refractivity contribution is -0.160. The van der Waals surface area contributed by atoms with E-state index in [-0.39, 0.29) is 42.3 Å². The van der Waals surface area contributed by atoms with E-state index in [4.69, 9.17) is 9.47 Å². The zero-order valence-electron chi connectivity index (χ0n) is 36.2. The number of hydrogen-bond donors (Lipinski definition) is 3. The molecular formula is C41H63N7O10S. The molecule has 2 aliphatic rings. The fourth-order valence-electron chi connectivity index (χ4n) is 7.04. The van der Waals surface area contributed by atoms with Crippen LogP contribution < -0.4 is 16.0 Å². The highest BCUT2D eigenvalue weighted by Crippen LogP contribution is 2.22. The quantitative estimate of drug-likeness (QED) is 0.263. The van der Waals surface area contributed by atoms with Crippen molar-refractivity contribution in [1.29, 1.82) is 0 Å². The van der Waals surface area contributed by atoms with E-state index in [0.717, 1.165) is 11.8 Å². The highest BCUT2D eigenvalue weighted by atomic mass is 32.2. The van der Waals surface area contributed by atoms with Crippen LogP contribution in [0.25, 0.3) is 0 Å². The van der Waals surface area contributed by atoms with Crippen molar-refractivity contribution in [2.24, 2.45) is 17.8 Å². The van der Waals surface area contributed by atoms with Gasteiger partial charge in [0.15, 0.2) is 5.78 Å². The number of benzene rings is 1. The Balaban J connectivity index is 2.16. The molecule has 0 aliphatic carbocycles. The lowest BCUT2D eigenvalue weighted by atomic mass is 10.0. The maximum atomic E-state index is 14.5. The molecule has 1 aromatic carbocycles. The van der Waals surface area contributed by atoms with E-state index in [1.807, 2.05) is 6.92 Å². The molecule has 328 valence electrons. The van der Waals surface area contributed by atoms with Crippen LogP contribution in [0.2, 0.25) is 0 Å². The summed E-state index contributed by atoms with van der Waals surface area (Å²) in [6.07, 6.45) is 0. The number of amides is 5. The number of Topliss-reactive ketones (excluding diaryl/α,β-unsaturated/α-hetero) is 1. The highest BCUT2D eigenvalue weighted by Gasteiger charge is 2.42. The Hall–Kier alpha value is -4.55. The number of hydrogen-bond acceptors (Lipinski definition) is 13. The summed E-state index contributed by atoms with van der Waals surface area (Å²) in [6.45, 7) is 11.4. The van der Waals surface area contributed by atoms with Gasteiger partial charge in [0.05, 0.1) is 19.2 Å². The number of likely N-dealkylation sites (N-methyl/N-ethyl adjacent to an activating group) is 4. The Morgan fingerprint density at radius 1 is 0.712 bits per heavy atom. The molecule has 0 aromatic heterocycles. The average Bonchev–Trinajstić information content (AvgIpc) is 3.19. The lowest BCUT2D eigenvalue weighted by Gasteiger charge is -2.37. The summed E-state index contributed by atoms with van der Waals surface area (Å²) >= 11 is 1.14. The van der Waals surface area contributed by atoms with Gasteiger partial charge in [0.1, 0.15) is 42.9 Å². The zero-order chi connectivity index (χ0) is 44.3. The van der Waals surface area contributed by atoms with Crippen molar-refractivity contribution < 1.29 is 47.8 Å². The largest absolute Gasteiger partial charge is 0.464 e. The molecule has 0 radical (unpaired) electrons. The molecule has 17 nitrogen and oxygen atoms in total. The summed E-state index contributed by atoms with van der Waals surface area (Å²) in [5, 5.41) is 8.67. The summed E-state index contributed by atoms with van der Waals surface area (Å²) in [7, 11) is 5.81. The Morgan fingerprint density at radius 3 is 1.68 bits per heavy atom. The lowest BCUT2D eigenvalue weighted by Crippen LogP contribution is -2.59. The number of ether oxygens (including phenoxy) is 2. The number of esters is 2. The number of fused-ring (bicyclic) bond motifs is 4. The van der Waals surface area contributed by atoms with Crippen molar-refractivity contribution in [2.45, 2.75) is 90.8 Å². The van der Waals surface area contributed by atoms with Gasteiger partial charge in [-0.15, -0.1) is 0 Å². The van der Waals surface area contributed by atoms with E-state index in [0.29, 0.717) is 12.1 Å². The van der Waals surface area contributed by atoms with Crippen molar-refractivity contribution in [3.8, 4) is 0 Å². The van der Waals surface area contributed by atoms with E-state index in [1.54, 1.807) is 65.0 Å². The average molecular weight is 846 g/mol. The van der Waals surface area contributed by atoms with E-state index in [2.05, 4.69) is 16.0 Å². The smallest absolute Gasteiger partial charge is 0.329 e. The van der Waals surface area contributed by atoms with E-state index >= 15 is 0 Å². The standard InChI is InChI=1S/C41H63N7O10S/c1-23(2)33-40(55)57-19-25(5)17-42-26(6)36(51)45(8)30-21-59-22-31(39(54)47(33)10)46(9)37(52)27(7)44-35(50)29(43-18-32(49)28-15-13-12-14-16-28)20-58-41(56)34(24(3)4)48(11)38(30)53/h12-16,23-27,29-31,33-34,42-43H,17-22H2,1-11H3,(H,44,50)/t25-,26-,27-,29+,30-,31-,33-,34-/m0/s1. The number of carbonyl (C=O) groups is 8. The summed E-state index contributed by atoms with van der Waals surface area (Å²) in [5.74, 6) is -6.00. The number of rotatable bonds is 6. The molecule has 18 heteroatoms. The van der Waals surface area contributed by atoms with E-state index in [1.165, 1.54) is 54.7 Å². The molecule has 3 N–H and O–H groups in total. The number of ketones is 1. The van der Waals surface area contributed by atoms with E-state index < -0.39 is 96.3 Å². The molecule has 1 aromatic rings. The maximum Gasteiger partial charge on any atom is 0.329 e. The summed E-state index contributed by atoms with van der Waals surface area (Å²) in [4.78, 5) is 116. The van der Waals surface area contributed by atoms with Crippen LogP contribution >= 0.6 is 11.8 Å². The van der Waals surface area contributed by atoms with Crippen molar-refractivity contribution in [2.75, 3.05) is 66.0 Å². The monoisotopic (exact) mass is 845 g/mol. The Morgan fingerprint density at radius 2 is 1.19 bits per heavy atom. The third-order valence-corrected chi connectivity index (χ3v) is 11.8. The molecule has 5 amide bonds. The second kappa shape index (κ2) is 22.2. The number of nitrogens with one attached hydrogen (secondary N) is 3. The Bertz CT molecular complexity index is 1680. The van der Waals surface area contributed by atoms with Gasteiger partial charge in [-0.25, -0.2) is 9.59 Å². The van der Waals surface area contributed by atoms with Crippen LogP contribution in [-0.2, 0) is 43.0 Å². The topological polar surface area (TPSA) is 204 Å². The highest BCUT2D eigenvalue weighted by molar-refractivity contribution is 7.99. The van der Waals surface area contributed by atoms with Gasteiger partial charge in [-0.05, 0) is 25.7 Å². The van der Waals surface area contributed by atoms with Crippen LogP contribution in [0.4, 0.5) is 0 Å². The van der Waals surface area contributed by atoms with Crippen LogP contribution in [0.15, 0.2) is 30.3 Å². The molecule has 2 heterocycles. The van der Waals surface area contributed by atoms with Crippen LogP contribution in [0.5, 0.6) is 0 Å². The number of cyclic esters (lactones) is 2. The molecule has 0 saturated carbocycles. The first-order valence-electron chi connectivity index (χ1n) is 20.0. The SMILES string of the molecule is CC(C)[C@H]1C(=O)OC[C@@H](NCC(=O)c2ccccc2)C(=O)N[C@@H](C)C(=O)N(C)[C@H]2CSC[C@@H](C(=O)N1C)N(C)C(=O)[C@H](C)NC[C@H](C)COC(=O)[C@H](C(C)C)N(C)C2=O. The predicted octanol–water partition coefficient (Wildman–Crippen LogP) is 0.413. The van der Waals surface area contributed by atoms with Crippen molar-refractivity contribution in [3.05, 3.63) is 35.9 Å². The molecule has 8 atom stereocenters. The molecule has 0 spiro atoms. The predicted molar refractivity (Wildman–Crippen MR) is 222 cm³/mol. The first kappa shape index (κ1) is 48.8. The van der Waals surface area contributed by atoms with Gasteiger partial charge in [-0.1, -0.05) is 65.0 Å². The molecular weight excluding hydrogens is 783 g/mol. The van der Waals surface area contributed by atoms with E-state index in [9.17, 15) is 38.4 Å². The third-order valence-electron chi connectivity index (χ3n) is 10.7. The molecule has 0 unspecified atom stereocenters. The Labute approximate surface area is 352 Å². The Kier molecular flexibility index (Phi) is 18.3. The molecule has 3 rings (SSSR count). The summed E-state index contributed by atoms with van der Waals surface area (Å²) in [6, 6.07) is 0.575. The van der Waals surface area contributed by atoms with Gasteiger partial charge in [0, 0.05) is 57.7 Å². The molecule has 2 aliphatic heterocycles. The first-order chi connectivity index (χ1) is 27.7. The second-order valence-electron chi connectivity index (χ2n) is 16.2. The van der Waals surface area contributed by atoms with Crippen LogP contribution in [0.1, 0.15) is 58.8 Å². The van der Waals surface area contributed by atoms with Gasteiger partial charge in [0.25, 0.3) is 0 Å². The number of carbonyl (C=O) groups excluding carboxylic acids is 8. The minimum atomic E-state index is -1.32. The van der Waals surface area contributed by atoms with Crippen molar-refractivity contribution in [1.82, 2.24) is 35.6 Å². The van der Waals surface area contributed by atoms with Gasteiger partial charge in [0.2, 0.25) is 29.5 Å². The van der Waals surface area contributed by atoms with Crippen molar-refractivity contribution in [3.63, 3.8) is 0 Å². The van der Waals surface area contributed by atoms with Crippen LogP contribution in [0.3, 0.4) is 0 Å². The number of thioether (sulfide) groups is 1. The normalized spacial score (nSPS) is 28.5. The molecule has 2 saturated heterocycles. The second-order valence-corrected chi connectivity index (χ2v) is 17.3. The fourth-order valence-corrected chi connectivity index (χ4v) is 8.35. The minimum absolute atomic E-state index is 0.00240. The van der Waals surface area contributed by atoms with Crippen LogP contribution in [0, 0.1) is 17.8 Å². The van der Waals surface area contributed by atoms with Gasteiger partial charge >= 0.3 is 11.9 Å². The van der Waals surface area contributed by atoms with Gasteiger partial charge in [-0.3, -0.25) is 34.1 Å². The van der Waals surface area contributed by atoms with Crippen LogP contribution in [-0.4, -0.2) is 175 Å². The zero-order valence-corrected chi connectivity index (χ0v) is 37.0. The maximum absolute atomic E-state index is 14.5. The fraction of sp³-hybridized carbons (Fsp3) is 0.659. The number of nitrogens with zero attached hydrogens (tertiary/aromatic N) is 4. The summed E-state index contributed by atoms with van der Waals surface area (Å²) in [5.41, 5.74) is 0.383. The van der Waals surface area contributed by atoms with Gasteiger partial charge in [-0.2, -0.15) is 11.8 Å².